The summed E-state index contributed by atoms with van der Waals surface area (Å²) in [5.41, 5.74) is 1.65. The molecule has 24 heavy (non-hydrogen) atoms. The molecular weight excluding hydrogens is 326 g/mol. The van der Waals surface area contributed by atoms with E-state index >= 15 is 0 Å². The summed E-state index contributed by atoms with van der Waals surface area (Å²) in [7, 11) is 0. The first-order chi connectivity index (χ1) is 11.6. The van der Waals surface area contributed by atoms with Crippen molar-refractivity contribution in [2.24, 2.45) is 5.92 Å². The average Bonchev–Trinajstić information content (AvgIpc) is 3.22. The van der Waals surface area contributed by atoms with Gasteiger partial charge in [-0.05, 0) is 44.4 Å². The molecule has 0 amide bonds. The Bertz CT molecular complexity index is 830. The number of anilines is 1. The number of rotatable bonds is 6. The summed E-state index contributed by atoms with van der Waals surface area (Å²) in [5, 5.41) is 20.1. The van der Waals surface area contributed by atoms with Gasteiger partial charge < -0.3 is 10.1 Å². The maximum Gasteiger partial charge on any atom is 0.310 e. The van der Waals surface area contributed by atoms with Crippen molar-refractivity contribution in [3.05, 3.63) is 29.0 Å². The molecule has 0 aliphatic carbocycles. The second kappa shape index (κ2) is 6.96. The Morgan fingerprint density at radius 2 is 2.17 bits per heavy atom. The lowest BCUT2D eigenvalue weighted by Gasteiger charge is -2.20. The van der Waals surface area contributed by atoms with E-state index < -0.39 is 0 Å². The first kappa shape index (κ1) is 16.4. The van der Waals surface area contributed by atoms with Crippen molar-refractivity contribution in [3.63, 3.8) is 0 Å². The van der Waals surface area contributed by atoms with Gasteiger partial charge in [0.25, 0.3) is 0 Å². The molecule has 1 N–H and O–H groups in total. The van der Waals surface area contributed by atoms with Crippen LogP contribution in [-0.2, 0) is 9.53 Å². The number of carbonyl (C=O) groups is 1. The van der Waals surface area contributed by atoms with Crippen LogP contribution in [0.1, 0.15) is 20.8 Å². The van der Waals surface area contributed by atoms with Crippen molar-refractivity contribution in [1.29, 1.82) is 0 Å². The van der Waals surface area contributed by atoms with Gasteiger partial charge in [-0.3, -0.25) is 4.79 Å². The zero-order valence-corrected chi connectivity index (χ0v) is 14.6. The number of nitrogens with zero attached hydrogens (tertiary/aromatic N) is 4. The number of aromatic nitrogens is 4. The third-order valence-electron chi connectivity index (χ3n) is 3.83. The van der Waals surface area contributed by atoms with Gasteiger partial charge in [-0.2, -0.15) is 15.9 Å². The topological polar surface area (TPSA) is 81.4 Å². The standard InChI is InChI=1S/C16H19N5O2S/c1-4-23-16(22)10(2)11(3)17-13-5-6-14-18-19-15(21(14)20-13)12-7-8-24-9-12/h5-11H,4H2,1-3H3,(H,17,20)/t10-,11+/m1/s1. The summed E-state index contributed by atoms with van der Waals surface area (Å²) in [5.74, 6) is 0.852. The van der Waals surface area contributed by atoms with Crippen molar-refractivity contribution in [1.82, 2.24) is 19.8 Å². The number of esters is 1. The van der Waals surface area contributed by atoms with Crippen LogP contribution in [0.5, 0.6) is 0 Å². The molecule has 3 aromatic rings. The lowest BCUT2D eigenvalue weighted by molar-refractivity contribution is -0.147. The van der Waals surface area contributed by atoms with Crippen molar-refractivity contribution in [2.75, 3.05) is 11.9 Å². The lowest BCUT2D eigenvalue weighted by Crippen LogP contribution is -2.31. The predicted molar refractivity (Wildman–Crippen MR) is 93.0 cm³/mol. The molecule has 8 heteroatoms. The third kappa shape index (κ3) is 3.23. The molecule has 0 bridgehead atoms. The van der Waals surface area contributed by atoms with E-state index in [2.05, 4.69) is 20.6 Å². The van der Waals surface area contributed by atoms with Gasteiger partial charge in [0.2, 0.25) is 0 Å². The Balaban J connectivity index is 1.83. The Morgan fingerprint density at radius 3 is 2.88 bits per heavy atom. The van der Waals surface area contributed by atoms with E-state index in [1.165, 1.54) is 0 Å². The molecule has 126 valence electrons. The Kier molecular flexibility index (Phi) is 4.75. The van der Waals surface area contributed by atoms with E-state index in [1.54, 1.807) is 22.8 Å². The number of ether oxygens (including phenoxy) is 1. The number of hydrogen-bond acceptors (Lipinski definition) is 7. The first-order valence-electron chi connectivity index (χ1n) is 7.78. The number of fused-ring (bicyclic) bond motifs is 1. The van der Waals surface area contributed by atoms with E-state index in [4.69, 9.17) is 4.74 Å². The minimum absolute atomic E-state index is 0.116. The summed E-state index contributed by atoms with van der Waals surface area (Å²) in [6.45, 7) is 5.95. The van der Waals surface area contributed by atoms with Crippen LogP contribution in [0.3, 0.4) is 0 Å². The molecule has 0 aromatic carbocycles. The van der Waals surface area contributed by atoms with E-state index in [1.807, 2.05) is 42.8 Å². The van der Waals surface area contributed by atoms with Crippen LogP contribution in [0.25, 0.3) is 17.0 Å². The van der Waals surface area contributed by atoms with Crippen LogP contribution in [0.2, 0.25) is 0 Å². The van der Waals surface area contributed by atoms with Gasteiger partial charge in [0.1, 0.15) is 5.82 Å². The molecule has 3 aromatic heterocycles. The average molecular weight is 345 g/mol. The third-order valence-corrected chi connectivity index (χ3v) is 4.51. The monoisotopic (exact) mass is 345 g/mol. The minimum Gasteiger partial charge on any atom is -0.466 e. The molecule has 0 aliphatic heterocycles. The van der Waals surface area contributed by atoms with E-state index in [9.17, 15) is 4.79 Å². The molecule has 0 saturated carbocycles. The molecule has 2 atom stereocenters. The second-order valence-corrected chi connectivity index (χ2v) is 6.28. The maximum absolute atomic E-state index is 11.8. The Labute approximate surface area is 143 Å². The fourth-order valence-corrected chi connectivity index (χ4v) is 2.91. The number of thiophene rings is 1. The fraction of sp³-hybridized carbons (Fsp3) is 0.375. The summed E-state index contributed by atoms with van der Waals surface area (Å²) < 4.78 is 6.77. The van der Waals surface area contributed by atoms with E-state index in [-0.39, 0.29) is 17.9 Å². The van der Waals surface area contributed by atoms with Crippen LogP contribution < -0.4 is 5.32 Å². The highest BCUT2D eigenvalue weighted by Gasteiger charge is 2.22. The molecule has 0 radical (unpaired) electrons. The molecular formula is C16H19N5O2S. The number of hydrogen-bond donors (Lipinski definition) is 1. The molecule has 0 aliphatic rings. The summed E-state index contributed by atoms with van der Waals surface area (Å²) in [6.07, 6.45) is 0. The molecule has 0 fully saturated rings. The van der Waals surface area contributed by atoms with Gasteiger partial charge in [-0.25, -0.2) is 0 Å². The van der Waals surface area contributed by atoms with Gasteiger partial charge in [-0.15, -0.1) is 15.3 Å². The van der Waals surface area contributed by atoms with Gasteiger partial charge in [0.05, 0.1) is 12.5 Å². The first-order valence-corrected chi connectivity index (χ1v) is 8.72. The highest BCUT2D eigenvalue weighted by molar-refractivity contribution is 7.08. The van der Waals surface area contributed by atoms with Crippen LogP contribution in [-0.4, -0.2) is 38.4 Å². The zero-order valence-electron chi connectivity index (χ0n) is 13.8. The van der Waals surface area contributed by atoms with Crippen LogP contribution in [0, 0.1) is 5.92 Å². The van der Waals surface area contributed by atoms with E-state index in [0.29, 0.717) is 23.9 Å². The molecule has 7 nitrogen and oxygen atoms in total. The molecule has 0 spiro atoms. The lowest BCUT2D eigenvalue weighted by atomic mass is 10.0. The van der Waals surface area contributed by atoms with Crippen LogP contribution in [0.15, 0.2) is 29.0 Å². The molecule has 3 heterocycles. The molecule has 3 rings (SSSR count). The maximum atomic E-state index is 11.8. The number of nitrogens with one attached hydrogen (secondary N) is 1. The molecule has 0 saturated heterocycles. The summed E-state index contributed by atoms with van der Waals surface area (Å²) in [6, 6.07) is 5.54. The van der Waals surface area contributed by atoms with Crippen LogP contribution in [0.4, 0.5) is 5.82 Å². The highest BCUT2D eigenvalue weighted by Crippen LogP contribution is 2.21. The zero-order chi connectivity index (χ0) is 17.1. The van der Waals surface area contributed by atoms with Gasteiger partial charge in [-0.1, -0.05) is 0 Å². The fourth-order valence-electron chi connectivity index (χ4n) is 2.27. The van der Waals surface area contributed by atoms with Crippen molar-refractivity contribution < 1.29 is 9.53 Å². The van der Waals surface area contributed by atoms with Crippen molar-refractivity contribution in [3.8, 4) is 11.4 Å². The van der Waals surface area contributed by atoms with Crippen molar-refractivity contribution >= 4 is 28.8 Å². The minimum atomic E-state index is -0.278. The Hall–Kier alpha value is -2.48. The summed E-state index contributed by atoms with van der Waals surface area (Å²) >= 11 is 1.60. The smallest absolute Gasteiger partial charge is 0.310 e. The SMILES string of the molecule is CCOC(=O)[C@H](C)[C@H](C)Nc1ccc2nnc(-c3ccsc3)n2n1. The van der Waals surface area contributed by atoms with Gasteiger partial charge in [0, 0.05) is 17.0 Å². The van der Waals surface area contributed by atoms with Gasteiger partial charge >= 0.3 is 5.97 Å². The summed E-state index contributed by atoms with van der Waals surface area (Å²) in [4.78, 5) is 11.8. The Morgan fingerprint density at radius 1 is 1.33 bits per heavy atom. The largest absolute Gasteiger partial charge is 0.466 e. The highest BCUT2D eigenvalue weighted by atomic mass is 32.1. The van der Waals surface area contributed by atoms with Crippen LogP contribution >= 0.6 is 11.3 Å². The normalized spacial score (nSPS) is 13.6. The van der Waals surface area contributed by atoms with Gasteiger partial charge in [0.15, 0.2) is 11.5 Å². The predicted octanol–water partition coefficient (Wildman–Crippen LogP) is 2.85. The molecule has 0 unspecified atom stereocenters. The van der Waals surface area contributed by atoms with E-state index in [0.717, 1.165) is 5.56 Å². The number of carbonyl (C=O) groups excluding carboxylic acids is 1. The quantitative estimate of drug-likeness (QED) is 0.692. The second-order valence-electron chi connectivity index (χ2n) is 5.50. The van der Waals surface area contributed by atoms with Crippen molar-refractivity contribution in [2.45, 2.75) is 26.8 Å².